The fourth-order valence-electron chi connectivity index (χ4n) is 2.71. The third-order valence-electron chi connectivity index (χ3n) is 4.73. The van der Waals surface area contributed by atoms with Crippen LogP contribution in [0.1, 0.15) is 43.2 Å². The number of anilines is 3. The van der Waals surface area contributed by atoms with Crippen LogP contribution in [0, 0.1) is 12.8 Å². The Kier molecular flexibility index (Phi) is 12.6. The molecule has 186 valence electrons. The topological polar surface area (TPSA) is 119 Å². The number of allylic oxidation sites excluding steroid dienone is 7. The first-order valence-electron chi connectivity index (χ1n) is 11.2. The zero-order valence-electron chi connectivity index (χ0n) is 20.8. The molecule has 0 fully saturated rings. The number of nitrogens with two attached hydrogens (primary N) is 2. The number of aromatic nitrogens is 2. The lowest BCUT2D eigenvalue weighted by molar-refractivity contribution is 0.0967. The minimum absolute atomic E-state index is 0.217. The number of amides is 1. The number of benzene rings is 1. The van der Waals surface area contributed by atoms with Crippen LogP contribution in [0.5, 0.6) is 0 Å². The molecule has 1 aromatic carbocycles. The Hall–Kier alpha value is -3.84. The van der Waals surface area contributed by atoms with Crippen LogP contribution in [-0.4, -0.2) is 15.9 Å². The first-order valence-corrected chi connectivity index (χ1v) is 11.5. The molecule has 0 radical (unpaired) electrons. The zero-order chi connectivity index (χ0) is 26.4. The van der Waals surface area contributed by atoms with E-state index in [0.29, 0.717) is 27.8 Å². The van der Waals surface area contributed by atoms with E-state index in [-0.39, 0.29) is 17.8 Å². The molecular weight excluding hydrogens is 460 g/mol. The van der Waals surface area contributed by atoms with Crippen molar-refractivity contribution in [1.82, 2.24) is 15.3 Å². The number of nitrogens with zero attached hydrogens (tertiary/aromatic N) is 2. The normalized spacial score (nSPS) is 12.4. The second-order valence-electron chi connectivity index (χ2n) is 7.66. The number of halogens is 1. The quantitative estimate of drug-likeness (QED) is 0.247. The molecule has 0 aliphatic carbocycles. The van der Waals surface area contributed by atoms with Crippen molar-refractivity contribution in [3.63, 3.8) is 0 Å². The lowest BCUT2D eigenvalue weighted by atomic mass is 10.0. The highest BCUT2D eigenvalue weighted by atomic mass is 35.5. The lowest BCUT2D eigenvalue weighted by Crippen LogP contribution is -2.21. The van der Waals surface area contributed by atoms with Crippen molar-refractivity contribution >= 4 is 35.0 Å². The van der Waals surface area contributed by atoms with Gasteiger partial charge in [-0.25, -0.2) is 4.98 Å². The summed E-state index contributed by atoms with van der Waals surface area (Å²) >= 11 is 5.30. The molecule has 1 heterocycles. The number of hydrogen-bond donors (Lipinski definition) is 4. The van der Waals surface area contributed by atoms with Crippen LogP contribution >= 0.6 is 11.6 Å². The summed E-state index contributed by atoms with van der Waals surface area (Å²) in [5.74, 6) is 0.846. The minimum Gasteiger partial charge on any atom is -0.399 e. The summed E-state index contributed by atoms with van der Waals surface area (Å²) in [7, 11) is 0. The van der Waals surface area contributed by atoms with Crippen LogP contribution in [0.15, 0.2) is 90.3 Å². The van der Waals surface area contributed by atoms with Gasteiger partial charge in [-0.15, -0.1) is 0 Å². The van der Waals surface area contributed by atoms with Gasteiger partial charge in [0.1, 0.15) is 5.82 Å². The van der Waals surface area contributed by atoms with Gasteiger partial charge < -0.3 is 22.1 Å². The summed E-state index contributed by atoms with van der Waals surface area (Å²) in [5, 5.41) is 6.73. The number of carbonyl (C=O) groups excluding carboxylic acids is 1. The maximum Gasteiger partial charge on any atom is 0.255 e. The number of nitrogens with one attached hydrogen (secondary N) is 2. The van der Waals surface area contributed by atoms with E-state index in [9.17, 15) is 4.79 Å². The SMILES string of the molecule is C=C(Cl)/C=C/C.C=C/C(=C\C=C(\Nc1cc(C)nc(N)n1)C(C)CC)NC(=O)c1ccc(N)cc1. The van der Waals surface area contributed by atoms with Gasteiger partial charge in [-0.1, -0.05) is 44.7 Å². The van der Waals surface area contributed by atoms with Crippen LogP contribution in [0.4, 0.5) is 17.5 Å². The summed E-state index contributed by atoms with van der Waals surface area (Å²) < 4.78 is 0. The third-order valence-corrected chi connectivity index (χ3v) is 4.85. The Bertz CT molecular complexity index is 1080. The Labute approximate surface area is 213 Å². The van der Waals surface area contributed by atoms with Gasteiger partial charge in [0, 0.05) is 39.4 Å². The molecule has 0 spiro atoms. The van der Waals surface area contributed by atoms with E-state index in [4.69, 9.17) is 23.1 Å². The summed E-state index contributed by atoms with van der Waals surface area (Å²) in [4.78, 5) is 20.7. The minimum atomic E-state index is -0.234. The largest absolute Gasteiger partial charge is 0.399 e. The van der Waals surface area contributed by atoms with Crippen molar-refractivity contribution in [2.24, 2.45) is 5.92 Å². The standard InChI is InChI=1S/C22H28N6O.C5H7Cl/c1-5-14(3)19(27-20-13-15(4)25-22(24)28-20)12-11-18(6-2)26-21(29)16-7-9-17(23)10-8-16;1-3-4-5(2)6/h6-14H,2,5,23H2,1,3-4H3,(H,26,29)(H3,24,25,27,28);3-4H,2H2,1H3/b18-11+,19-12+;4-3+. The molecule has 6 N–H and O–H groups in total. The van der Waals surface area contributed by atoms with E-state index in [2.05, 4.69) is 47.6 Å². The molecule has 8 heteroatoms. The van der Waals surface area contributed by atoms with E-state index in [0.717, 1.165) is 17.8 Å². The van der Waals surface area contributed by atoms with Crippen molar-refractivity contribution in [2.45, 2.75) is 34.1 Å². The van der Waals surface area contributed by atoms with Crippen LogP contribution in [0.2, 0.25) is 0 Å². The molecule has 35 heavy (non-hydrogen) atoms. The number of carbonyl (C=O) groups is 1. The summed E-state index contributed by atoms with van der Waals surface area (Å²) in [6.45, 7) is 15.2. The van der Waals surface area contributed by atoms with E-state index in [1.807, 2.05) is 32.1 Å². The molecule has 2 rings (SSSR count). The van der Waals surface area contributed by atoms with Gasteiger partial charge >= 0.3 is 0 Å². The molecule has 0 aliphatic rings. The lowest BCUT2D eigenvalue weighted by Gasteiger charge is -2.16. The Balaban J connectivity index is 0.000000905. The van der Waals surface area contributed by atoms with Gasteiger partial charge in [-0.3, -0.25) is 4.79 Å². The number of nitrogen functional groups attached to an aromatic ring is 2. The van der Waals surface area contributed by atoms with Crippen molar-refractivity contribution < 1.29 is 4.79 Å². The highest BCUT2D eigenvalue weighted by molar-refractivity contribution is 6.30. The van der Waals surface area contributed by atoms with Crippen molar-refractivity contribution in [2.75, 3.05) is 16.8 Å². The molecule has 1 unspecified atom stereocenters. The van der Waals surface area contributed by atoms with Crippen molar-refractivity contribution in [1.29, 1.82) is 0 Å². The summed E-state index contributed by atoms with van der Waals surface area (Å²) in [6.07, 6.45) is 9.80. The van der Waals surface area contributed by atoms with E-state index >= 15 is 0 Å². The predicted octanol–water partition coefficient (Wildman–Crippen LogP) is 6.11. The van der Waals surface area contributed by atoms with Crippen LogP contribution in [0.3, 0.4) is 0 Å². The number of hydrogen-bond acceptors (Lipinski definition) is 6. The summed E-state index contributed by atoms with van der Waals surface area (Å²) in [6, 6.07) is 8.55. The van der Waals surface area contributed by atoms with E-state index in [1.54, 1.807) is 42.5 Å². The zero-order valence-corrected chi connectivity index (χ0v) is 21.6. The second kappa shape index (κ2) is 15.1. The Morgan fingerprint density at radius 1 is 1.20 bits per heavy atom. The molecule has 2 aromatic rings. The second-order valence-corrected chi connectivity index (χ2v) is 8.14. The molecule has 1 aromatic heterocycles. The van der Waals surface area contributed by atoms with Gasteiger partial charge in [0.2, 0.25) is 5.95 Å². The average Bonchev–Trinajstić information content (AvgIpc) is 2.80. The molecule has 0 saturated carbocycles. The fraction of sp³-hybridized carbons (Fsp3) is 0.222. The third kappa shape index (κ3) is 11.2. The van der Waals surface area contributed by atoms with Crippen LogP contribution < -0.4 is 22.1 Å². The highest BCUT2D eigenvalue weighted by Crippen LogP contribution is 2.19. The molecular formula is C27H35ClN6O. The van der Waals surface area contributed by atoms with Crippen molar-refractivity contribution in [3.8, 4) is 0 Å². The van der Waals surface area contributed by atoms with Gasteiger partial charge in [0.25, 0.3) is 5.91 Å². The van der Waals surface area contributed by atoms with E-state index < -0.39 is 0 Å². The molecule has 0 aliphatic heterocycles. The Morgan fingerprint density at radius 3 is 2.34 bits per heavy atom. The van der Waals surface area contributed by atoms with Gasteiger partial charge in [-0.2, -0.15) is 4.98 Å². The first kappa shape index (κ1) is 29.2. The van der Waals surface area contributed by atoms with Crippen molar-refractivity contribution in [3.05, 3.63) is 102 Å². The molecule has 1 atom stereocenters. The smallest absolute Gasteiger partial charge is 0.255 e. The number of aryl methyl sites for hydroxylation is 1. The molecule has 7 nitrogen and oxygen atoms in total. The van der Waals surface area contributed by atoms with Gasteiger partial charge in [0.15, 0.2) is 0 Å². The molecule has 0 bridgehead atoms. The molecule has 0 saturated heterocycles. The monoisotopic (exact) mass is 494 g/mol. The maximum absolute atomic E-state index is 12.4. The highest BCUT2D eigenvalue weighted by Gasteiger charge is 2.10. The maximum atomic E-state index is 12.4. The van der Waals surface area contributed by atoms with Crippen LogP contribution in [-0.2, 0) is 0 Å². The fourth-order valence-corrected chi connectivity index (χ4v) is 2.84. The predicted molar refractivity (Wildman–Crippen MR) is 149 cm³/mol. The van der Waals surface area contributed by atoms with Crippen LogP contribution in [0.25, 0.3) is 0 Å². The van der Waals surface area contributed by atoms with Gasteiger partial charge in [0.05, 0.1) is 0 Å². The van der Waals surface area contributed by atoms with Gasteiger partial charge in [-0.05, 0) is 74.8 Å². The molecule has 1 amide bonds. The number of rotatable bonds is 9. The van der Waals surface area contributed by atoms with E-state index in [1.165, 1.54) is 0 Å². The Morgan fingerprint density at radius 2 is 1.86 bits per heavy atom. The first-order chi connectivity index (χ1) is 16.6. The average molecular weight is 495 g/mol. The summed E-state index contributed by atoms with van der Waals surface area (Å²) in [5.41, 5.74) is 14.8.